The Morgan fingerprint density at radius 1 is 1.30 bits per heavy atom. The minimum absolute atomic E-state index is 0.0779. The normalized spacial score (nSPS) is 27.0. The van der Waals surface area contributed by atoms with Crippen LogP contribution in [0, 0.1) is 11.3 Å². The lowest BCUT2D eigenvalue weighted by atomic mass is 9.64. The van der Waals surface area contributed by atoms with Crippen molar-refractivity contribution in [2.45, 2.75) is 45.6 Å². The van der Waals surface area contributed by atoms with Crippen LogP contribution in [0.4, 0.5) is 4.79 Å². The summed E-state index contributed by atoms with van der Waals surface area (Å²) in [4.78, 5) is 38.7. The number of imide groups is 1. The van der Waals surface area contributed by atoms with Crippen LogP contribution in [0.3, 0.4) is 0 Å². The molecule has 0 radical (unpaired) electrons. The molecule has 3 amide bonds. The van der Waals surface area contributed by atoms with Crippen LogP contribution >= 0.6 is 23.2 Å². The van der Waals surface area contributed by atoms with Gasteiger partial charge in [0.2, 0.25) is 0 Å². The van der Waals surface area contributed by atoms with E-state index in [1.54, 1.807) is 12.1 Å². The Morgan fingerprint density at radius 2 is 2.00 bits per heavy atom. The van der Waals surface area contributed by atoms with E-state index in [9.17, 15) is 14.4 Å². The van der Waals surface area contributed by atoms with Gasteiger partial charge in [-0.1, -0.05) is 50.0 Å². The molecule has 1 saturated carbocycles. The molecule has 1 aliphatic carbocycles. The van der Waals surface area contributed by atoms with Crippen molar-refractivity contribution in [2.75, 3.05) is 6.54 Å². The Bertz CT molecular complexity index is 811. The van der Waals surface area contributed by atoms with Gasteiger partial charge in [-0.25, -0.2) is 9.59 Å². The fraction of sp³-hybridized carbons (Fsp3) is 0.526. The number of amides is 3. The summed E-state index contributed by atoms with van der Waals surface area (Å²) in [6, 6.07) is 4.07. The predicted molar refractivity (Wildman–Crippen MR) is 102 cm³/mol. The number of urea groups is 1. The number of carbonyl (C=O) groups is 3. The Morgan fingerprint density at radius 3 is 2.67 bits per heavy atom. The van der Waals surface area contributed by atoms with E-state index in [0.29, 0.717) is 12.8 Å². The van der Waals surface area contributed by atoms with Gasteiger partial charge in [0.1, 0.15) is 17.1 Å². The third-order valence-electron chi connectivity index (χ3n) is 5.05. The third kappa shape index (κ3) is 3.92. The molecule has 2 atom stereocenters. The van der Waals surface area contributed by atoms with Gasteiger partial charge < -0.3 is 10.1 Å². The Hall–Kier alpha value is -1.79. The van der Waals surface area contributed by atoms with Gasteiger partial charge in [-0.2, -0.15) is 0 Å². The van der Waals surface area contributed by atoms with Gasteiger partial charge in [0, 0.05) is 0 Å². The first kappa shape index (κ1) is 20.0. The van der Waals surface area contributed by atoms with Crippen LogP contribution in [-0.4, -0.2) is 34.9 Å². The molecule has 1 heterocycles. The number of rotatable bonds is 3. The molecule has 2 fully saturated rings. The highest BCUT2D eigenvalue weighted by Crippen LogP contribution is 2.46. The van der Waals surface area contributed by atoms with Crippen molar-refractivity contribution in [3.05, 3.63) is 28.2 Å². The van der Waals surface area contributed by atoms with Crippen LogP contribution in [0.1, 0.15) is 40.0 Å². The first-order valence-electron chi connectivity index (χ1n) is 8.82. The first-order chi connectivity index (χ1) is 12.5. The highest BCUT2D eigenvalue weighted by atomic mass is 35.5. The average molecular weight is 413 g/mol. The molecule has 146 valence electrons. The van der Waals surface area contributed by atoms with Crippen molar-refractivity contribution < 1.29 is 19.1 Å². The van der Waals surface area contributed by atoms with Crippen LogP contribution in [-0.2, 0) is 9.59 Å². The van der Waals surface area contributed by atoms with Crippen molar-refractivity contribution in [1.82, 2.24) is 10.2 Å². The zero-order valence-corrected chi connectivity index (χ0v) is 17.0. The number of halogens is 2. The lowest BCUT2D eigenvalue weighted by Crippen LogP contribution is -2.54. The summed E-state index contributed by atoms with van der Waals surface area (Å²) >= 11 is 11.9. The number of benzene rings is 1. The molecule has 0 bridgehead atoms. The summed E-state index contributed by atoms with van der Waals surface area (Å²) in [6.45, 7) is 5.76. The molecule has 3 rings (SSSR count). The maximum absolute atomic E-state index is 13.0. The number of nitrogens with one attached hydrogen (secondary N) is 1. The van der Waals surface area contributed by atoms with Gasteiger partial charge in [-0.3, -0.25) is 9.69 Å². The van der Waals surface area contributed by atoms with Crippen LogP contribution in [0.25, 0.3) is 0 Å². The Balaban J connectivity index is 1.74. The van der Waals surface area contributed by atoms with Crippen molar-refractivity contribution in [3.63, 3.8) is 0 Å². The van der Waals surface area contributed by atoms with Crippen LogP contribution < -0.4 is 10.1 Å². The standard InChI is InChI=1S/C19H22Cl2N2O4/c1-11-7-18(2,3)10-19(8-11)16(25)23(17(26)22-19)9-14(24)27-13-6-4-5-12(20)15(13)21/h4-6,11H,7-10H2,1-3H3,(H,22,26)/t11-,19+/m0/s1. The quantitative estimate of drug-likeness (QED) is 0.461. The number of hydrogen-bond acceptors (Lipinski definition) is 4. The van der Waals surface area contributed by atoms with E-state index in [0.717, 1.165) is 11.3 Å². The molecule has 27 heavy (non-hydrogen) atoms. The Labute approximate surface area is 168 Å². The summed E-state index contributed by atoms with van der Waals surface area (Å²) in [5, 5.41) is 3.17. The van der Waals surface area contributed by atoms with Gasteiger partial charge in [0.05, 0.1) is 5.02 Å². The van der Waals surface area contributed by atoms with E-state index in [2.05, 4.69) is 26.1 Å². The fourth-order valence-electron chi connectivity index (χ4n) is 4.50. The highest BCUT2D eigenvalue weighted by molar-refractivity contribution is 6.43. The van der Waals surface area contributed by atoms with E-state index >= 15 is 0 Å². The second-order valence-electron chi connectivity index (χ2n) is 8.28. The summed E-state index contributed by atoms with van der Waals surface area (Å²) in [5.74, 6) is -0.761. The molecule has 1 aromatic carbocycles. The predicted octanol–water partition coefficient (Wildman–Crippen LogP) is 4.04. The maximum Gasteiger partial charge on any atom is 0.331 e. The summed E-state index contributed by atoms with van der Waals surface area (Å²) < 4.78 is 5.19. The van der Waals surface area contributed by atoms with Crippen molar-refractivity contribution in [3.8, 4) is 5.75 Å². The average Bonchev–Trinajstić information content (AvgIpc) is 2.73. The molecular weight excluding hydrogens is 391 g/mol. The van der Waals surface area contributed by atoms with Crippen molar-refractivity contribution in [2.24, 2.45) is 11.3 Å². The molecule has 6 nitrogen and oxygen atoms in total. The Kier molecular flexibility index (Phi) is 5.16. The van der Waals surface area contributed by atoms with Crippen molar-refractivity contribution >= 4 is 41.1 Å². The van der Waals surface area contributed by atoms with E-state index in [1.165, 1.54) is 6.07 Å². The maximum atomic E-state index is 13.0. The third-order valence-corrected chi connectivity index (χ3v) is 5.85. The minimum Gasteiger partial charge on any atom is -0.424 e. The lowest BCUT2D eigenvalue weighted by Gasteiger charge is -2.43. The SMILES string of the molecule is C[C@H]1CC(C)(C)C[C@@]2(C1)NC(=O)N(CC(=O)Oc1cccc(Cl)c1Cl)C2=O. The van der Waals surface area contributed by atoms with Gasteiger partial charge in [-0.15, -0.1) is 0 Å². The number of esters is 1. The zero-order chi connectivity index (χ0) is 20.0. The molecule has 0 unspecified atom stereocenters. The topological polar surface area (TPSA) is 75.7 Å². The highest BCUT2D eigenvalue weighted by Gasteiger charge is 2.56. The molecule has 1 aliphatic heterocycles. The molecular formula is C19H22Cl2N2O4. The molecule has 1 spiro atoms. The van der Waals surface area contributed by atoms with Crippen molar-refractivity contribution in [1.29, 1.82) is 0 Å². The van der Waals surface area contributed by atoms with Gasteiger partial charge >= 0.3 is 12.0 Å². The lowest BCUT2D eigenvalue weighted by molar-refractivity contribution is -0.142. The largest absolute Gasteiger partial charge is 0.424 e. The first-order valence-corrected chi connectivity index (χ1v) is 9.57. The van der Waals surface area contributed by atoms with Gasteiger partial charge in [0.15, 0.2) is 5.75 Å². The number of ether oxygens (including phenoxy) is 1. The zero-order valence-electron chi connectivity index (χ0n) is 15.5. The molecule has 1 saturated heterocycles. The van der Waals surface area contributed by atoms with Crippen LogP contribution in [0.5, 0.6) is 5.75 Å². The molecule has 8 heteroatoms. The van der Waals surface area contributed by atoms with Gasteiger partial charge in [-0.05, 0) is 42.7 Å². The van der Waals surface area contributed by atoms with Crippen LogP contribution in [0.2, 0.25) is 10.0 Å². The smallest absolute Gasteiger partial charge is 0.331 e. The summed E-state index contributed by atoms with van der Waals surface area (Å²) in [6.07, 6.45) is 2.08. The van der Waals surface area contributed by atoms with Gasteiger partial charge in [0.25, 0.3) is 5.91 Å². The molecule has 2 aliphatic rings. The summed E-state index contributed by atoms with van der Waals surface area (Å²) in [5.41, 5.74) is -1.03. The molecule has 1 N–H and O–H groups in total. The summed E-state index contributed by atoms with van der Waals surface area (Å²) in [7, 11) is 0. The van der Waals surface area contributed by atoms with E-state index in [4.69, 9.17) is 27.9 Å². The number of carbonyl (C=O) groups excluding carboxylic acids is 3. The van der Waals surface area contributed by atoms with E-state index < -0.39 is 24.1 Å². The van der Waals surface area contributed by atoms with E-state index in [1.807, 2.05) is 0 Å². The second kappa shape index (κ2) is 6.99. The number of hydrogen-bond donors (Lipinski definition) is 1. The van der Waals surface area contributed by atoms with Crippen LogP contribution in [0.15, 0.2) is 18.2 Å². The minimum atomic E-state index is -0.952. The molecule has 1 aromatic rings. The number of nitrogens with zero attached hydrogens (tertiary/aromatic N) is 1. The second-order valence-corrected chi connectivity index (χ2v) is 9.07. The monoisotopic (exact) mass is 412 g/mol. The van der Waals surface area contributed by atoms with E-state index in [-0.39, 0.29) is 33.0 Å². The molecule has 0 aromatic heterocycles. The fourth-order valence-corrected chi connectivity index (χ4v) is 4.83.